The van der Waals surface area contributed by atoms with Crippen LogP contribution in [0, 0.1) is 6.92 Å². The number of hydrogen-bond acceptors (Lipinski definition) is 7. The molecule has 0 bridgehead atoms. The van der Waals surface area contributed by atoms with Crippen molar-refractivity contribution in [2.45, 2.75) is 23.4 Å². The van der Waals surface area contributed by atoms with E-state index in [1.165, 1.54) is 23.1 Å². The molecular weight excluding hydrogens is 332 g/mol. The molecule has 1 atom stereocenters. The molecule has 6 nitrogen and oxygen atoms in total. The molecule has 23 heavy (non-hydrogen) atoms. The Labute approximate surface area is 144 Å². The van der Waals surface area contributed by atoms with Gasteiger partial charge >= 0.3 is 0 Å². The lowest BCUT2D eigenvalue weighted by atomic mass is 10.2. The molecule has 0 unspecified atom stereocenters. The van der Waals surface area contributed by atoms with Gasteiger partial charge in [0.2, 0.25) is 11.0 Å². The van der Waals surface area contributed by atoms with Gasteiger partial charge in [-0.2, -0.15) is 0 Å². The van der Waals surface area contributed by atoms with Crippen LogP contribution in [-0.2, 0) is 9.53 Å². The number of para-hydroxylation sites is 1. The first kappa shape index (κ1) is 17.7. The fourth-order valence-electron chi connectivity index (χ4n) is 1.74. The molecule has 0 radical (unpaired) electrons. The summed E-state index contributed by atoms with van der Waals surface area (Å²) in [5, 5.41) is 14.7. The molecule has 8 heteroatoms. The van der Waals surface area contributed by atoms with Crippen LogP contribution >= 0.6 is 23.1 Å². The average Bonchev–Trinajstić information content (AvgIpc) is 2.97. The predicted octanol–water partition coefficient (Wildman–Crippen LogP) is 3.02. The molecule has 1 amide bonds. The van der Waals surface area contributed by atoms with Crippen molar-refractivity contribution in [3.63, 3.8) is 0 Å². The summed E-state index contributed by atoms with van der Waals surface area (Å²) in [4.78, 5) is 12.3. The molecule has 0 aliphatic carbocycles. The summed E-state index contributed by atoms with van der Waals surface area (Å²) in [5.41, 5.74) is 1.88. The van der Waals surface area contributed by atoms with Crippen molar-refractivity contribution >= 4 is 39.8 Å². The van der Waals surface area contributed by atoms with Gasteiger partial charge in [-0.05, 0) is 25.5 Å². The predicted molar refractivity (Wildman–Crippen MR) is 95.4 cm³/mol. The van der Waals surface area contributed by atoms with E-state index in [0.29, 0.717) is 13.2 Å². The van der Waals surface area contributed by atoms with Crippen molar-refractivity contribution in [2.24, 2.45) is 0 Å². The zero-order valence-corrected chi connectivity index (χ0v) is 15.0. The van der Waals surface area contributed by atoms with Gasteiger partial charge in [-0.3, -0.25) is 4.79 Å². The van der Waals surface area contributed by atoms with Crippen LogP contribution in [0.1, 0.15) is 12.5 Å². The minimum atomic E-state index is -0.255. The van der Waals surface area contributed by atoms with E-state index in [1.807, 2.05) is 38.1 Å². The highest BCUT2D eigenvalue weighted by Gasteiger charge is 2.17. The molecule has 1 heterocycles. The molecule has 0 spiro atoms. The minimum absolute atomic E-state index is 0.0478. The van der Waals surface area contributed by atoms with Crippen LogP contribution in [0.4, 0.5) is 10.8 Å². The molecule has 0 aliphatic heterocycles. The van der Waals surface area contributed by atoms with E-state index in [0.717, 1.165) is 20.7 Å². The topological polar surface area (TPSA) is 76.1 Å². The summed E-state index contributed by atoms with van der Waals surface area (Å²) < 4.78 is 5.73. The number of aryl methyl sites for hydroxylation is 1. The van der Waals surface area contributed by atoms with Crippen LogP contribution in [0.2, 0.25) is 0 Å². The second kappa shape index (κ2) is 8.85. The zero-order chi connectivity index (χ0) is 16.7. The molecule has 2 aromatic rings. The summed E-state index contributed by atoms with van der Waals surface area (Å²) in [5.74, 6) is -0.0478. The largest absolute Gasteiger partial charge is 0.383 e. The Hall–Kier alpha value is -1.64. The van der Waals surface area contributed by atoms with Crippen LogP contribution in [0.5, 0.6) is 0 Å². The molecule has 1 aromatic carbocycles. The number of hydrogen-bond donors (Lipinski definition) is 2. The number of methoxy groups -OCH3 is 1. The van der Waals surface area contributed by atoms with Crippen LogP contribution < -0.4 is 10.6 Å². The Morgan fingerprint density at radius 1 is 1.39 bits per heavy atom. The maximum atomic E-state index is 12.3. The molecule has 1 aromatic heterocycles. The normalized spacial score (nSPS) is 12.0. The van der Waals surface area contributed by atoms with Gasteiger partial charge in [0.1, 0.15) is 0 Å². The van der Waals surface area contributed by atoms with Gasteiger partial charge in [-0.25, -0.2) is 0 Å². The Balaban J connectivity index is 1.87. The van der Waals surface area contributed by atoms with E-state index in [2.05, 4.69) is 20.8 Å². The number of carbonyl (C=O) groups is 1. The van der Waals surface area contributed by atoms with Gasteiger partial charge in [-0.1, -0.05) is 41.3 Å². The number of amides is 1. The monoisotopic (exact) mass is 352 g/mol. The van der Waals surface area contributed by atoms with Crippen LogP contribution in [0.15, 0.2) is 28.6 Å². The van der Waals surface area contributed by atoms with Gasteiger partial charge in [0, 0.05) is 19.3 Å². The second-order valence-electron chi connectivity index (χ2n) is 4.86. The second-order valence-corrected chi connectivity index (χ2v) is 7.42. The third-order valence-corrected chi connectivity index (χ3v) is 5.10. The van der Waals surface area contributed by atoms with E-state index < -0.39 is 0 Å². The van der Waals surface area contributed by atoms with Gasteiger partial charge < -0.3 is 15.4 Å². The minimum Gasteiger partial charge on any atom is -0.383 e. The molecule has 0 fully saturated rings. The number of rotatable bonds is 8. The smallest absolute Gasteiger partial charge is 0.237 e. The summed E-state index contributed by atoms with van der Waals surface area (Å²) in [7, 11) is 1.65. The lowest BCUT2D eigenvalue weighted by molar-refractivity contribution is -0.115. The first-order valence-electron chi connectivity index (χ1n) is 7.19. The molecular formula is C15H20N4O2S2. The Morgan fingerprint density at radius 2 is 2.17 bits per heavy atom. The molecule has 2 rings (SSSR count). The van der Waals surface area contributed by atoms with E-state index in [-0.39, 0.29) is 11.2 Å². The average molecular weight is 352 g/mol. The molecule has 0 aliphatic rings. The van der Waals surface area contributed by atoms with Crippen molar-refractivity contribution in [1.82, 2.24) is 10.2 Å². The fraction of sp³-hybridized carbons (Fsp3) is 0.400. The first-order chi connectivity index (χ1) is 11.1. The Kier molecular flexibility index (Phi) is 6.82. The van der Waals surface area contributed by atoms with Gasteiger partial charge in [0.25, 0.3) is 0 Å². The summed E-state index contributed by atoms with van der Waals surface area (Å²) in [6, 6.07) is 7.72. The van der Waals surface area contributed by atoms with E-state index >= 15 is 0 Å². The standard InChI is InChI=1S/C15H20N4O2S2/c1-10-6-4-5-7-12(10)17-13(20)11(2)22-15-19-18-14(23-15)16-8-9-21-3/h4-7,11H,8-9H2,1-3H3,(H,16,18)(H,17,20)/t11-/m0/s1. The highest BCUT2D eigenvalue weighted by molar-refractivity contribution is 8.02. The fourth-order valence-corrected chi connectivity index (χ4v) is 3.66. The summed E-state index contributed by atoms with van der Waals surface area (Å²) >= 11 is 2.83. The SMILES string of the molecule is COCCNc1nnc(S[C@@H](C)C(=O)Nc2ccccc2C)s1. The number of ether oxygens (including phenoxy) is 1. The number of aromatic nitrogens is 2. The van der Waals surface area contributed by atoms with Crippen molar-refractivity contribution < 1.29 is 9.53 Å². The van der Waals surface area contributed by atoms with E-state index in [4.69, 9.17) is 4.74 Å². The number of nitrogens with zero attached hydrogens (tertiary/aromatic N) is 2. The summed E-state index contributed by atoms with van der Waals surface area (Å²) in [6.45, 7) is 5.12. The molecule has 0 saturated heterocycles. The first-order valence-corrected chi connectivity index (χ1v) is 8.89. The third kappa shape index (κ3) is 5.49. The third-order valence-electron chi connectivity index (χ3n) is 3.04. The number of thioether (sulfide) groups is 1. The number of nitrogens with one attached hydrogen (secondary N) is 2. The van der Waals surface area contributed by atoms with E-state index in [9.17, 15) is 4.79 Å². The van der Waals surface area contributed by atoms with Crippen molar-refractivity contribution in [3.05, 3.63) is 29.8 Å². The van der Waals surface area contributed by atoms with Crippen LogP contribution in [0.3, 0.4) is 0 Å². The highest BCUT2D eigenvalue weighted by Crippen LogP contribution is 2.29. The van der Waals surface area contributed by atoms with Crippen molar-refractivity contribution in [1.29, 1.82) is 0 Å². The Bertz CT molecular complexity index is 648. The van der Waals surface area contributed by atoms with Crippen molar-refractivity contribution in [3.8, 4) is 0 Å². The Morgan fingerprint density at radius 3 is 2.91 bits per heavy atom. The number of anilines is 2. The van der Waals surface area contributed by atoms with Gasteiger partial charge in [0.05, 0.1) is 11.9 Å². The summed E-state index contributed by atoms with van der Waals surface area (Å²) in [6.07, 6.45) is 0. The van der Waals surface area contributed by atoms with Crippen LogP contribution in [0.25, 0.3) is 0 Å². The van der Waals surface area contributed by atoms with Gasteiger partial charge in [-0.15, -0.1) is 10.2 Å². The zero-order valence-electron chi connectivity index (χ0n) is 13.3. The maximum Gasteiger partial charge on any atom is 0.237 e. The molecule has 124 valence electrons. The lowest BCUT2D eigenvalue weighted by Crippen LogP contribution is -2.22. The van der Waals surface area contributed by atoms with Crippen LogP contribution in [-0.4, -0.2) is 41.6 Å². The molecule has 0 saturated carbocycles. The number of carbonyl (C=O) groups excluding carboxylic acids is 1. The lowest BCUT2D eigenvalue weighted by Gasteiger charge is -2.11. The molecule has 2 N–H and O–H groups in total. The van der Waals surface area contributed by atoms with Crippen molar-refractivity contribution in [2.75, 3.05) is 30.9 Å². The van der Waals surface area contributed by atoms with E-state index in [1.54, 1.807) is 7.11 Å². The maximum absolute atomic E-state index is 12.3. The highest BCUT2D eigenvalue weighted by atomic mass is 32.2. The number of benzene rings is 1. The quantitative estimate of drug-likeness (QED) is 0.562. The van der Waals surface area contributed by atoms with Gasteiger partial charge in [0.15, 0.2) is 4.34 Å².